The van der Waals surface area contributed by atoms with Gasteiger partial charge in [-0.05, 0) is 25.7 Å². The van der Waals surface area contributed by atoms with Crippen LogP contribution in [0.4, 0.5) is 0 Å². The summed E-state index contributed by atoms with van der Waals surface area (Å²) in [4.78, 5) is 7.06. The molecule has 4 aliphatic rings. The average Bonchev–Trinajstić information content (AvgIpc) is 3.39. The van der Waals surface area contributed by atoms with Gasteiger partial charge >= 0.3 is 0 Å². The van der Waals surface area contributed by atoms with Crippen molar-refractivity contribution in [1.82, 2.24) is 10.2 Å². The lowest BCUT2D eigenvalue weighted by Gasteiger charge is -2.57. The minimum absolute atomic E-state index is 0. The van der Waals surface area contributed by atoms with Gasteiger partial charge in [-0.25, -0.2) is 0 Å². The SMILES string of the molecule is CN=C(NC1C2CCOC2C12CCCC2)N1CCC(COCCOC)C1.I. The van der Waals surface area contributed by atoms with E-state index in [1.54, 1.807) is 7.11 Å². The van der Waals surface area contributed by atoms with Crippen molar-refractivity contribution in [2.45, 2.75) is 50.7 Å². The molecule has 0 aromatic heterocycles. The number of methoxy groups -OCH3 is 1. The molecule has 0 amide bonds. The molecule has 1 spiro atoms. The van der Waals surface area contributed by atoms with Gasteiger partial charge in [0.1, 0.15) is 0 Å². The van der Waals surface area contributed by atoms with Gasteiger partial charge in [0, 0.05) is 57.1 Å². The number of aliphatic imine (C=N–C) groups is 1. The van der Waals surface area contributed by atoms with Crippen molar-refractivity contribution in [3.05, 3.63) is 0 Å². The van der Waals surface area contributed by atoms with Crippen LogP contribution >= 0.6 is 24.0 Å². The van der Waals surface area contributed by atoms with Crippen LogP contribution in [0.15, 0.2) is 4.99 Å². The van der Waals surface area contributed by atoms with Crippen molar-refractivity contribution < 1.29 is 14.2 Å². The number of ether oxygens (including phenoxy) is 3. The molecule has 156 valence electrons. The van der Waals surface area contributed by atoms with Crippen molar-refractivity contribution >= 4 is 29.9 Å². The van der Waals surface area contributed by atoms with Gasteiger partial charge in [-0.1, -0.05) is 12.8 Å². The number of fused-ring (bicyclic) bond motifs is 2. The minimum atomic E-state index is 0. The van der Waals surface area contributed by atoms with Crippen molar-refractivity contribution in [1.29, 1.82) is 0 Å². The van der Waals surface area contributed by atoms with Gasteiger partial charge in [0.2, 0.25) is 0 Å². The lowest BCUT2D eigenvalue weighted by Crippen LogP contribution is -2.69. The molecule has 0 aromatic carbocycles. The maximum atomic E-state index is 6.12. The standard InChI is InChI=1S/C20H35N3O3.HI/c1-21-19(23-9-5-15(13-23)14-25-12-11-24-2)22-17-16-6-10-26-18(16)20(17)7-3-4-8-20;/h15-18H,3-14H2,1-2H3,(H,21,22);1H. The Morgan fingerprint density at radius 3 is 2.81 bits per heavy atom. The van der Waals surface area contributed by atoms with E-state index in [2.05, 4.69) is 15.2 Å². The molecule has 2 saturated carbocycles. The Balaban J connectivity index is 0.00000210. The topological polar surface area (TPSA) is 55.3 Å². The zero-order valence-electron chi connectivity index (χ0n) is 16.8. The number of nitrogens with zero attached hydrogens (tertiary/aromatic N) is 2. The average molecular weight is 493 g/mol. The van der Waals surface area contributed by atoms with Crippen molar-refractivity contribution in [3.63, 3.8) is 0 Å². The quantitative estimate of drug-likeness (QED) is 0.267. The highest BCUT2D eigenvalue weighted by molar-refractivity contribution is 14.0. The van der Waals surface area contributed by atoms with Crippen LogP contribution in [-0.2, 0) is 14.2 Å². The summed E-state index contributed by atoms with van der Waals surface area (Å²) in [5, 5.41) is 3.88. The monoisotopic (exact) mass is 493 g/mol. The van der Waals surface area contributed by atoms with Crippen LogP contribution in [0, 0.1) is 17.3 Å². The molecule has 4 fully saturated rings. The van der Waals surface area contributed by atoms with Gasteiger partial charge in [0.15, 0.2) is 5.96 Å². The van der Waals surface area contributed by atoms with E-state index in [1.165, 1.54) is 38.5 Å². The Labute approximate surface area is 180 Å². The molecule has 6 nitrogen and oxygen atoms in total. The fourth-order valence-electron chi connectivity index (χ4n) is 5.89. The van der Waals surface area contributed by atoms with E-state index in [4.69, 9.17) is 14.2 Å². The first-order valence-corrected chi connectivity index (χ1v) is 10.4. The summed E-state index contributed by atoms with van der Waals surface area (Å²) >= 11 is 0. The summed E-state index contributed by atoms with van der Waals surface area (Å²) in [6.45, 7) is 5.24. The highest BCUT2D eigenvalue weighted by Gasteiger charge is 2.65. The summed E-state index contributed by atoms with van der Waals surface area (Å²) in [5.74, 6) is 2.36. The number of likely N-dealkylation sites (tertiary alicyclic amines) is 1. The number of hydrogen-bond donors (Lipinski definition) is 1. The maximum absolute atomic E-state index is 6.12. The van der Waals surface area contributed by atoms with Crippen molar-refractivity contribution in [2.24, 2.45) is 22.2 Å². The second-order valence-electron chi connectivity index (χ2n) is 8.52. The van der Waals surface area contributed by atoms with Crippen LogP contribution < -0.4 is 5.32 Å². The molecule has 2 saturated heterocycles. The zero-order chi connectivity index (χ0) is 18.0. The van der Waals surface area contributed by atoms with E-state index in [0.29, 0.717) is 42.6 Å². The Kier molecular flexibility index (Phi) is 7.66. The molecule has 4 rings (SSSR count). The van der Waals surface area contributed by atoms with E-state index in [-0.39, 0.29) is 24.0 Å². The lowest BCUT2D eigenvalue weighted by atomic mass is 9.54. The molecular formula is C20H36IN3O3. The number of nitrogens with one attached hydrogen (secondary N) is 1. The molecule has 4 atom stereocenters. The number of hydrogen-bond acceptors (Lipinski definition) is 4. The number of halogens is 1. The highest BCUT2D eigenvalue weighted by atomic mass is 127. The lowest BCUT2D eigenvalue weighted by molar-refractivity contribution is -0.125. The van der Waals surface area contributed by atoms with Crippen LogP contribution in [0.3, 0.4) is 0 Å². The predicted molar refractivity (Wildman–Crippen MR) is 117 cm³/mol. The van der Waals surface area contributed by atoms with Crippen LogP contribution in [0.5, 0.6) is 0 Å². The predicted octanol–water partition coefficient (Wildman–Crippen LogP) is 2.51. The number of guanidine groups is 1. The van der Waals surface area contributed by atoms with E-state index in [9.17, 15) is 0 Å². The Bertz CT molecular complexity index is 513. The summed E-state index contributed by atoms with van der Waals surface area (Å²) in [6, 6.07) is 0.549. The first kappa shape index (κ1) is 21.6. The molecular weight excluding hydrogens is 457 g/mol. The minimum Gasteiger partial charge on any atom is -0.382 e. The molecule has 2 aliphatic heterocycles. The summed E-state index contributed by atoms with van der Waals surface area (Å²) in [5.41, 5.74) is 0.375. The molecule has 0 bridgehead atoms. The third kappa shape index (κ3) is 4.12. The van der Waals surface area contributed by atoms with Crippen molar-refractivity contribution in [2.75, 3.05) is 53.7 Å². The molecule has 0 radical (unpaired) electrons. The van der Waals surface area contributed by atoms with Gasteiger partial charge in [-0.3, -0.25) is 4.99 Å². The number of rotatable bonds is 6. The second-order valence-corrected chi connectivity index (χ2v) is 8.52. The smallest absolute Gasteiger partial charge is 0.193 e. The molecule has 27 heavy (non-hydrogen) atoms. The maximum Gasteiger partial charge on any atom is 0.193 e. The largest absolute Gasteiger partial charge is 0.382 e. The van der Waals surface area contributed by atoms with E-state index in [1.807, 2.05) is 7.05 Å². The molecule has 7 heteroatoms. The van der Waals surface area contributed by atoms with Gasteiger partial charge in [-0.15, -0.1) is 24.0 Å². The third-order valence-corrected chi connectivity index (χ3v) is 7.15. The Morgan fingerprint density at radius 2 is 2.07 bits per heavy atom. The van der Waals surface area contributed by atoms with Crippen LogP contribution in [0.1, 0.15) is 38.5 Å². The van der Waals surface area contributed by atoms with Gasteiger partial charge < -0.3 is 24.4 Å². The molecule has 1 N–H and O–H groups in total. The van der Waals surface area contributed by atoms with E-state index < -0.39 is 0 Å². The van der Waals surface area contributed by atoms with Crippen molar-refractivity contribution in [3.8, 4) is 0 Å². The molecule has 4 unspecified atom stereocenters. The van der Waals surface area contributed by atoms with Crippen LogP contribution in [0.2, 0.25) is 0 Å². The van der Waals surface area contributed by atoms with Gasteiger partial charge in [0.25, 0.3) is 0 Å². The second kappa shape index (κ2) is 9.59. The fourth-order valence-corrected chi connectivity index (χ4v) is 5.89. The highest BCUT2D eigenvalue weighted by Crippen LogP contribution is 2.60. The fraction of sp³-hybridized carbons (Fsp3) is 0.950. The summed E-state index contributed by atoms with van der Waals surface area (Å²) in [6.07, 6.45) is 8.23. The first-order valence-electron chi connectivity index (χ1n) is 10.4. The summed E-state index contributed by atoms with van der Waals surface area (Å²) < 4.78 is 16.9. The van der Waals surface area contributed by atoms with E-state index in [0.717, 1.165) is 32.3 Å². The summed E-state index contributed by atoms with van der Waals surface area (Å²) in [7, 11) is 3.64. The van der Waals surface area contributed by atoms with Gasteiger partial charge in [-0.2, -0.15) is 0 Å². The zero-order valence-corrected chi connectivity index (χ0v) is 19.2. The van der Waals surface area contributed by atoms with Gasteiger partial charge in [0.05, 0.1) is 25.9 Å². The third-order valence-electron chi connectivity index (χ3n) is 7.15. The van der Waals surface area contributed by atoms with Crippen LogP contribution in [-0.4, -0.2) is 76.7 Å². The van der Waals surface area contributed by atoms with E-state index >= 15 is 0 Å². The normalized spacial score (nSPS) is 34.4. The Hall–Kier alpha value is -0.120. The first-order chi connectivity index (χ1) is 12.8. The Morgan fingerprint density at radius 1 is 1.26 bits per heavy atom. The molecule has 2 aliphatic carbocycles. The van der Waals surface area contributed by atoms with Crippen LogP contribution in [0.25, 0.3) is 0 Å². The molecule has 0 aromatic rings. The molecule has 2 heterocycles.